The fourth-order valence-electron chi connectivity index (χ4n) is 0.844. The van der Waals surface area contributed by atoms with Crippen molar-refractivity contribution in [1.29, 1.82) is 0 Å². The third kappa shape index (κ3) is 2.90. The molecular formula is C10H11NO3. The van der Waals surface area contributed by atoms with E-state index >= 15 is 0 Å². The second kappa shape index (κ2) is 5.01. The number of carbonyl (C=O) groups is 1. The van der Waals surface area contributed by atoms with Crippen molar-refractivity contribution < 1.29 is 14.4 Å². The van der Waals surface area contributed by atoms with Gasteiger partial charge in [-0.2, -0.15) is 0 Å². The highest BCUT2D eigenvalue weighted by Gasteiger charge is 2.08. The van der Waals surface area contributed by atoms with E-state index in [1.54, 1.807) is 24.3 Å². The van der Waals surface area contributed by atoms with E-state index in [2.05, 4.69) is 9.99 Å². The van der Waals surface area contributed by atoms with Gasteiger partial charge in [0, 0.05) is 0 Å². The number of hydrogen-bond acceptors (Lipinski definition) is 4. The molecule has 4 heteroatoms. The summed E-state index contributed by atoms with van der Waals surface area (Å²) in [5.41, 5.74) is 0.177. The van der Waals surface area contributed by atoms with Crippen LogP contribution >= 0.6 is 0 Å². The van der Waals surface area contributed by atoms with Crippen molar-refractivity contribution in [3.63, 3.8) is 0 Å². The first-order valence-electron chi connectivity index (χ1n) is 4.09. The standard InChI is InChI=1S/C10H11NO3/c1-8(11-13-2)10(12)14-9-6-4-3-5-7-9/h3-7H,1-2H3/b11-8-. The smallest absolute Gasteiger partial charge is 0.361 e. The summed E-state index contributed by atoms with van der Waals surface area (Å²) in [4.78, 5) is 15.7. The van der Waals surface area contributed by atoms with Gasteiger partial charge >= 0.3 is 5.97 Å². The summed E-state index contributed by atoms with van der Waals surface area (Å²) in [6, 6.07) is 8.79. The molecule has 0 fully saturated rings. The molecule has 0 radical (unpaired) electrons. The van der Waals surface area contributed by atoms with Crippen LogP contribution < -0.4 is 4.74 Å². The topological polar surface area (TPSA) is 47.9 Å². The highest BCUT2D eigenvalue weighted by molar-refractivity contribution is 6.35. The van der Waals surface area contributed by atoms with Crippen molar-refractivity contribution in [2.45, 2.75) is 6.92 Å². The van der Waals surface area contributed by atoms with Crippen molar-refractivity contribution >= 4 is 11.7 Å². The average Bonchev–Trinajstić information content (AvgIpc) is 2.19. The van der Waals surface area contributed by atoms with Gasteiger partial charge in [0.1, 0.15) is 12.9 Å². The molecule has 1 rings (SSSR count). The fraction of sp³-hybridized carbons (Fsp3) is 0.200. The molecule has 0 aromatic heterocycles. The molecule has 0 unspecified atom stereocenters. The second-order valence-corrected chi connectivity index (χ2v) is 2.56. The van der Waals surface area contributed by atoms with E-state index in [9.17, 15) is 4.79 Å². The van der Waals surface area contributed by atoms with Gasteiger partial charge in [-0.1, -0.05) is 23.4 Å². The van der Waals surface area contributed by atoms with E-state index in [0.29, 0.717) is 5.75 Å². The quantitative estimate of drug-likeness (QED) is 0.317. The first-order valence-corrected chi connectivity index (χ1v) is 4.09. The second-order valence-electron chi connectivity index (χ2n) is 2.56. The molecule has 0 aliphatic heterocycles. The summed E-state index contributed by atoms with van der Waals surface area (Å²) in [6.45, 7) is 1.52. The van der Waals surface area contributed by atoms with Crippen LogP contribution in [0.3, 0.4) is 0 Å². The molecule has 0 spiro atoms. The van der Waals surface area contributed by atoms with Crippen molar-refractivity contribution in [2.75, 3.05) is 7.11 Å². The minimum absolute atomic E-state index is 0.177. The highest BCUT2D eigenvalue weighted by atomic mass is 16.6. The number of carbonyl (C=O) groups excluding carboxylic acids is 1. The Balaban J connectivity index is 2.62. The lowest BCUT2D eigenvalue weighted by molar-refractivity contribution is -0.127. The Kier molecular flexibility index (Phi) is 3.67. The van der Waals surface area contributed by atoms with Gasteiger partial charge in [0.25, 0.3) is 0 Å². The van der Waals surface area contributed by atoms with Crippen molar-refractivity contribution in [3.8, 4) is 5.75 Å². The van der Waals surface area contributed by atoms with Crippen LogP contribution in [-0.2, 0) is 9.63 Å². The molecule has 14 heavy (non-hydrogen) atoms. The minimum Gasteiger partial charge on any atom is -0.422 e. The number of nitrogens with zero attached hydrogens (tertiary/aromatic N) is 1. The molecule has 0 amide bonds. The van der Waals surface area contributed by atoms with Gasteiger partial charge in [0.05, 0.1) is 0 Å². The molecule has 0 bridgehead atoms. The van der Waals surface area contributed by atoms with Gasteiger partial charge in [-0.3, -0.25) is 0 Å². The molecule has 0 saturated carbocycles. The maximum Gasteiger partial charge on any atom is 0.361 e. The van der Waals surface area contributed by atoms with Crippen molar-refractivity contribution in [1.82, 2.24) is 0 Å². The first kappa shape index (κ1) is 10.2. The van der Waals surface area contributed by atoms with Crippen LogP contribution in [0.2, 0.25) is 0 Å². The average molecular weight is 193 g/mol. The fourth-order valence-corrected chi connectivity index (χ4v) is 0.844. The number of esters is 1. The van der Waals surface area contributed by atoms with Crippen LogP contribution in [0.15, 0.2) is 35.5 Å². The summed E-state index contributed by atoms with van der Waals surface area (Å²) in [5, 5.41) is 3.46. The van der Waals surface area contributed by atoms with E-state index in [1.165, 1.54) is 14.0 Å². The molecule has 4 nitrogen and oxygen atoms in total. The molecule has 0 aliphatic rings. The monoisotopic (exact) mass is 193 g/mol. The van der Waals surface area contributed by atoms with Crippen LogP contribution in [0.1, 0.15) is 6.92 Å². The van der Waals surface area contributed by atoms with E-state index < -0.39 is 5.97 Å². The Morgan fingerprint density at radius 2 is 1.93 bits per heavy atom. The van der Waals surface area contributed by atoms with E-state index in [-0.39, 0.29) is 5.71 Å². The van der Waals surface area contributed by atoms with Gasteiger partial charge in [0.2, 0.25) is 0 Å². The van der Waals surface area contributed by atoms with Gasteiger partial charge in [-0.05, 0) is 19.1 Å². The zero-order valence-electron chi connectivity index (χ0n) is 8.06. The lowest BCUT2D eigenvalue weighted by atomic mass is 10.3. The molecular weight excluding hydrogens is 182 g/mol. The minimum atomic E-state index is -0.516. The molecule has 74 valence electrons. The predicted molar refractivity (Wildman–Crippen MR) is 52.2 cm³/mol. The normalized spacial score (nSPS) is 10.9. The SMILES string of the molecule is CO/N=C(/C)C(=O)Oc1ccccc1. The Hall–Kier alpha value is -1.84. The molecule has 0 saturated heterocycles. The molecule has 0 heterocycles. The summed E-state index contributed by atoms with van der Waals surface area (Å²) in [5.74, 6) is -0.0267. The summed E-state index contributed by atoms with van der Waals surface area (Å²) < 4.78 is 4.98. The van der Waals surface area contributed by atoms with Gasteiger partial charge in [0.15, 0.2) is 5.71 Å². The number of oxime groups is 1. The van der Waals surface area contributed by atoms with E-state index in [0.717, 1.165) is 0 Å². The molecule has 0 aliphatic carbocycles. The Morgan fingerprint density at radius 3 is 2.50 bits per heavy atom. The Labute approximate surface area is 82.1 Å². The van der Waals surface area contributed by atoms with Crippen LogP contribution in [-0.4, -0.2) is 18.8 Å². The van der Waals surface area contributed by atoms with Crippen molar-refractivity contribution in [2.24, 2.45) is 5.16 Å². The lowest BCUT2D eigenvalue weighted by Gasteiger charge is -2.02. The van der Waals surface area contributed by atoms with Crippen molar-refractivity contribution in [3.05, 3.63) is 30.3 Å². The van der Waals surface area contributed by atoms with E-state index in [4.69, 9.17) is 4.74 Å². The number of para-hydroxylation sites is 1. The number of ether oxygens (including phenoxy) is 1. The zero-order valence-corrected chi connectivity index (χ0v) is 8.06. The molecule has 1 aromatic rings. The lowest BCUT2D eigenvalue weighted by Crippen LogP contribution is -2.17. The maximum atomic E-state index is 11.3. The van der Waals surface area contributed by atoms with Crippen LogP contribution in [0.5, 0.6) is 5.75 Å². The molecule has 0 atom stereocenters. The summed E-state index contributed by atoms with van der Waals surface area (Å²) >= 11 is 0. The molecule has 1 aromatic carbocycles. The zero-order chi connectivity index (χ0) is 10.4. The maximum absolute atomic E-state index is 11.3. The van der Waals surface area contributed by atoms with E-state index in [1.807, 2.05) is 6.07 Å². The molecule has 0 N–H and O–H groups in total. The Morgan fingerprint density at radius 1 is 1.29 bits per heavy atom. The number of benzene rings is 1. The van der Waals surface area contributed by atoms with Crippen LogP contribution in [0.25, 0.3) is 0 Å². The third-order valence-electron chi connectivity index (χ3n) is 1.48. The van der Waals surface area contributed by atoms with Gasteiger partial charge in [-0.25, -0.2) is 4.79 Å². The Bertz CT molecular complexity index is 332. The third-order valence-corrected chi connectivity index (χ3v) is 1.48. The number of rotatable bonds is 3. The predicted octanol–water partition coefficient (Wildman–Crippen LogP) is 1.61. The summed E-state index contributed by atoms with van der Waals surface area (Å²) in [7, 11) is 1.37. The summed E-state index contributed by atoms with van der Waals surface area (Å²) in [6.07, 6.45) is 0. The largest absolute Gasteiger partial charge is 0.422 e. The van der Waals surface area contributed by atoms with Crippen LogP contribution in [0, 0.1) is 0 Å². The highest BCUT2D eigenvalue weighted by Crippen LogP contribution is 2.08. The van der Waals surface area contributed by atoms with Gasteiger partial charge in [-0.15, -0.1) is 0 Å². The van der Waals surface area contributed by atoms with Gasteiger partial charge < -0.3 is 9.57 Å². The number of hydrogen-bond donors (Lipinski definition) is 0. The van der Waals surface area contributed by atoms with Crippen LogP contribution in [0.4, 0.5) is 0 Å². The first-order chi connectivity index (χ1) is 6.74.